The predicted molar refractivity (Wildman–Crippen MR) is 96.6 cm³/mol. The molecule has 3 N–H and O–H groups in total. The average Bonchev–Trinajstić information content (AvgIpc) is 2.88. The van der Waals surface area contributed by atoms with Crippen LogP contribution in [-0.4, -0.2) is 21.1 Å². The van der Waals surface area contributed by atoms with E-state index in [4.69, 9.17) is 5.73 Å². The number of hydrogen-bond acceptors (Lipinski definition) is 4. The highest BCUT2D eigenvalue weighted by atomic mass is 15.1. The maximum atomic E-state index is 6.00. The molecular weight excluding hydrogens is 298 g/mol. The molecular formula is C19H23N5. The highest BCUT2D eigenvalue weighted by Gasteiger charge is 2.31. The molecule has 24 heavy (non-hydrogen) atoms. The van der Waals surface area contributed by atoms with Crippen LogP contribution >= 0.6 is 0 Å². The summed E-state index contributed by atoms with van der Waals surface area (Å²) >= 11 is 0. The number of nitrogens with two attached hydrogens (primary N) is 1. The van der Waals surface area contributed by atoms with Crippen molar-refractivity contribution in [2.24, 2.45) is 5.92 Å². The summed E-state index contributed by atoms with van der Waals surface area (Å²) < 4.78 is 2.29. The van der Waals surface area contributed by atoms with Crippen molar-refractivity contribution < 1.29 is 0 Å². The van der Waals surface area contributed by atoms with Crippen LogP contribution < -0.4 is 11.1 Å². The number of rotatable bonds is 5. The minimum atomic E-state index is 0.527. The third-order valence-electron chi connectivity index (χ3n) is 5.04. The quantitative estimate of drug-likeness (QED) is 0.758. The van der Waals surface area contributed by atoms with E-state index in [1.54, 1.807) is 6.33 Å². The zero-order valence-corrected chi connectivity index (χ0v) is 13.9. The number of anilines is 1. The van der Waals surface area contributed by atoms with E-state index in [0.29, 0.717) is 11.9 Å². The Hall–Kier alpha value is -2.40. The van der Waals surface area contributed by atoms with Crippen molar-refractivity contribution in [2.45, 2.75) is 32.4 Å². The van der Waals surface area contributed by atoms with Gasteiger partial charge in [0.25, 0.3) is 0 Å². The number of nitrogens with zero attached hydrogens (tertiary/aromatic N) is 3. The number of nitrogen functional groups attached to an aromatic ring is 1. The zero-order valence-electron chi connectivity index (χ0n) is 13.9. The van der Waals surface area contributed by atoms with Gasteiger partial charge >= 0.3 is 0 Å². The van der Waals surface area contributed by atoms with E-state index in [1.807, 2.05) is 0 Å². The Kier molecular flexibility index (Phi) is 3.94. The summed E-state index contributed by atoms with van der Waals surface area (Å²) in [5.74, 6) is 1.31. The fourth-order valence-corrected chi connectivity index (χ4v) is 3.69. The molecule has 2 aromatic heterocycles. The Balaban J connectivity index is 1.35. The molecule has 0 amide bonds. The first kappa shape index (κ1) is 15.1. The molecule has 1 aliphatic rings. The van der Waals surface area contributed by atoms with Crippen molar-refractivity contribution in [3.63, 3.8) is 0 Å². The van der Waals surface area contributed by atoms with Gasteiger partial charge in [-0.1, -0.05) is 30.3 Å². The lowest BCUT2D eigenvalue weighted by atomic mass is 9.80. The highest BCUT2D eigenvalue weighted by molar-refractivity contribution is 5.89. The van der Waals surface area contributed by atoms with Gasteiger partial charge in [-0.25, -0.2) is 9.97 Å². The number of aryl methyl sites for hydroxylation is 1. The number of fused-ring (bicyclic) bond motifs is 1. The Bertz CT molecular complexity index is 834. The largest absolute Gasteiger partial charge is 0.383 e. The van der Waals surface area contributed by atoms with E-state index < -0.39 is 0 Å². The summed E-state index contributed by atoms with van der Waals surface area (Å²) in [5, 5.41) is 4.58. The highest BCUT2D eigenvalue weighted by Crippen LogP contribution is 2.40. The predicted octanol–water partition coefficient (Wildman–Crippen LogP) is 3.06. The SMILES string of the molecule is Cc1cn(C2CC(CNCc3ccccc3)C2)c2ncnc(N)c12. The molecule has 4 rings (SSSR count). The maximum absolute atomic E-state index is 6.00. The molecule has 1 fully saturated rings. The summed E-state index contributed by atoms with van der Waals surface area (Å²) in [5.41, 5.74) is 9.48. The number of aromatic nitrogens is 3. The first-order valence-electron chi connectivity index (χ1n) is 8.54. The maximum Gasteiger partial charge on any atom is 0.145 e. The molecule has 3 aromatic rings. The van der Waals surface area contributed by atoms with E-state index >= 15 is 0 Å². The van der Waals surface area contributed by atoms with Crippen LogP contribution in [0.15, 0.2) is 42.9 Å². The Morgan fingerprint density at radius 2 is 2.00 bits per heavy atom. The summed E-state index contributed by atoms with van der Waals surface area (Å²) in [6.07, 6.45) is 6.11. The first-order chi connectivity index (χ1) is 11.7. The molecule has 1 aliphatic carbocycles. The summed E-state index contributed by atoms with van der Waals surface area (Å²) in [7, 11) is 0. The molecule has 0 unspecified atom stereocenters. The average molecular weight is 321 g/mol. The Labute approximate surface area is 141 Å². The lowest BCUT2D eigenvalue weighted by Gasteiger charge is -2.36. The van der Waals surface area contributed by atoms with Crippen molar-refractivity contribution in [3.05, 3.63) is 54.0 Å². The molecule has 0 saturated heterocycles. The molecule has 0 spiro atoms. The van der Waals surface area contributed by atoms with Crippen LogP contribution in [0.25, 0.3) is 11.0 Å². The van der Waals surface area contributed by atoms with E-state index in [1.165, 1.54) is 18.4 Å². The number of hydrogen-bond donors (Lipinski definition) is 2. The van der Waals surface area contributed by atoms with Crippen molar-refractivity contribution in [2.75, 3.05) is 12.3 Å². The third kappa shape index (κ3) is 2.76. The number of benzene rings is 1. The van der Waals surface area contributed by atoms with E-state index in [2.05, 4.69) is 63.3 Å². The van der Waals surface area contributed by atoms with Crippen molar-refractivity contribution in [1.82, 2.24) is 19.9 Å². The minimum Gasteiger partial charge on any atom is -0.383 e. The molecule has 5 nitrogen and oxygen atoms in total. The van der Waals surface area contributed by atoms with Gasteiger partial charge in [0.2, 0.25) is 0 Å². The lowest BCUT2D eigenvalue weighted by molar-refractivity contribution is 0.196. The third-order valence-corrected chi connectivity index (χ3v) is 5.04. The van der Waals surface area contributed by atoms with Gasteiger partial charge in [-0.05, 0) is 43.4 Å². The van der Waals surface area contributed by atoms with Gasteiger partial charge in [0.1, 0.15) is 17.8 Å². The van der Waals surface area contributed by atoms with Gasteiger partial charge < -0.3 is 15.6 Å². The molecule has 124 valence electrons. The number of nitrogens with one attached hydrogen (secondary N) is 1. The molecule has 0 bridgehead atoms. The fourth-order valence-electron chi connectivity index (χ4n) is 3.69. The van der Waals surface area contributed by atoms with Crippen LogP contribution in [0.5, 0.6) is 0 Å². The van der Waals surface area contributed by atoms with Crippen LogP contribution in [0.1, 0.15) is 30.0 Å². The topological polar surface area (TPSA) is 68.8 Å². The monoisotopic (exact) mass is 321 g/mol. The molecule has 0 atom stereocenters. The Morgan fingerprint density at radius 1 is 1.21 bits per heavy atom. The first-order valence-corrected chi connectivity index (χ1v) is 8.54. The van der Waals surface area contributed by atoms with Crippen LogP contribution in [0.4, 0.5) is 5.82 Å². The van der Waals surface area contributed by atoms with E-state index in [9.17, 15) is 0 Å². The lowest BCUT2D eigenvalue weighted by Crippen LogP contribution is -2.34. The normalized spacial score (nSPS) is 20.2. The van der Waals surface area contributed by atoms with Gasteiger partial charge in [0, 0.05) is 18.8 Å². The van der Waals surface area contributed by atoms with Gasteiger partial charge in [0.05, 0.1) is 5.39 Å². The fraction of sp³-hybridized carbons (Fsp3) is 0.368. The second kappa shape index (κ2) is 6.24. The molecule has 2 heterocycles. The van der Waals surface area contributed by atoms with Crippen LogP contribution in [0.3, 0.4) is 0 Å². The smallest absolute Gasteiger partial charge is 0.145 e. The van der Waals surface area contributed by atoms with Crippen molar-refractivity contribution in [3.8, 4) is 0 Å². The van der Waals surface area contributed by atoms with E-state index in [-0.39, 0.29) is 0 Å². The zero-order chi connectivity index (χ0) is 16.5. The van der Waals surface area contributed by atoms with Gasteiger partial charge in [-0.3, -0.25) is 0 Å². The van der Waals surface area contributed by atoms with E-state index in [0.717, 1.165) is 35.6 Å². The molecule has 1 aromatic carbocycles. The second-order valence-electron chi connectivity index (χ2n) is 6.78. The minimum absolute atomic E-state index is 0.527. The standard InChI is InChI=1S/C19H23N5/c1-13-11-24(19-17(13)18(20)22-12-23-19)16-7-15(8-16)10-21-9-14-5-3-2-4-6-14/h2-6,11-12,15-16,21H,7-10H2,1H3,(H2,20,22,23). The molecule has 0 radical (unpaired) electrons. The second-order valence-corrected chi connectivity index (χ2v) is 6.78. The van der Waals surface area contributed by atoms with Crippen LogP contribution in [-0.2, 0) is 6.54 Å². The van der Waals surface area contributed by atoms with Crippen LogP contribution in [0, 0.1) is 12.8 Å². The molecule has 0 aliphatic heterocycles. The Morgan fingerprint density at radius 3 is 2.79 bits per heavy atom. The summed E-state index contributed by atoms with van der Waals surface area (Å²) in [6.45, 7) is 4.09. The van der Waals surface area contributed by atoms with Crippen LogP contribution in [0.2, 0.25) is 0 Å². The summed E-state index contributed by atoms with van der Waals surface area (Å²) in [6, 6.07) is 11.1. The van der Waals surface area contributed by atoms with Gasteiger partial charge in [-0.2, -0.15) is 0 Å². The molecule has 1 saturated carbocycles. The van der Waals surface area contributed by atoms with Gasteiger partial charge in [-0.15, -0.1) is 0 Å². The van der Waals surface area contributed by atoms with Crippen molar-refractivity contribution in [1.29, 1.82) is 0 Å². The molecule has 5 heteroatoms. The summed E-state index contributed by atoms with van der Waals surface area (Å²) in [4.78, 5) is 8.56. The van der Waals surface area contributed by atoms with Gasteiger partial charge in [0.15, 0.2) is 0 Å². The van der Waals surface area contributed by atoms with Crippen molar-refractivity contribution >= 4 is 16.9 Å².